The summed E-state index contributed by atoms with van der Waals surface area (Å²) in [7, 11) is 0. The summed E-state index contributed by atoms with van der Waals surface area (Å²) >= 11 is 0. The molecular formula is C20H18O3. The van der Waals surface area contributed by atoms with E-state index in [1.54, 1.807) is 36.4 Å². The average molecular weight is 306 g/mol. The van der Waals surface area contributed by atoms with Gasteiger partial charge in [0.2, 0.25) is 0 Å². The number of benzene rings is 2. The Morgan fingerprint density at radius 3 is 2.26 bits per heavy atom. The first kappa shape index (κ1) is 16.3. The number of allylic oxidation sites excluding steroid dienone is 2. The number of ether oxygens (including phenoxy) is 2. The molecule has 0 aliphatic heterocycles. The van der Waals surface area contributed by atoms with Crippen LogP contribution in [0.5, 0.6) is 11.5 Å². The Morgan fingerprint density at radius 1 is 0.957 bits per heavy atom. The van der Waals surface area contributed by atoms with Crippen LogP contribution in [-0.4, -0.2) is 12.6 Å². The second kappa shape index (κ2) is 8.39. The lowest BCUT2D eigenvalue weighted by Crippen LogP contribution is -2.11. The summed E-state index contributed by atoms with van der Waals surface area (Å²) in [4.78, 5) is 12.5. The fourth-order valence-electron chi connectivity index (χ4n) is 1.97. The Hall–Kier alpha value is -3.07. The number of para-hydroxylation sites is 2. The van der Waals surface area contributed by atoms with Crippen molar-refractivity contribution in [1.29, 1.82) is 0 Å². The van der Waals surface area contributed by atoms with Crippen LogP contribution in [0.15, 0.2) is 86.0 Å². The molecule has 0 spiro atoms. The van der Waals surface area contributed by atoms with E-state index in [0.29, 0.717) is 23.7 Å². The van der Waals surface area contributed by atoms with E-state index in [1.807, 2.05) is 36.4 Å². The summed E-state index contributed by atoms with van der Waals surface area (Å²) in [5, 5.41) is 0. The van der Waals surface area contributed by atoms with Crippen molar-refractivity contribution in [3.8, 4) is 11.5 Å². The first-order chi connectivity index (χ1) is 11.3. The van der Waals surface area contributed by atoms with Crippen LogP contribution in [0.3, 0.4) is 0 Å². The Kier molecular flexibility index (Phi) is 5.95. The maximum absolute atomic E-state index is 12.5. The van der Waals surface area contributed by atoms with Crippen molar-refractivity contribution < 1.29 is 14.3 Å². The predicted octanol–water partition coefficient (Wildman–Crippen LogP) is 4.43. The second-order valence-electron chi connectivity index (χ2n) is 4.62. The van der Waals surface area contributed by atoms with Crippen LogP contribution in [-0.2, 0) is 4.79 Å². The highest BCUT2D eigenvalue weighted by Crippen LogP contribution is 2.28. The SMILES string of the molecule is C=C/C=C(/C(=O)Oc1ccccc1OCC=C)c1ccccc1. The van der Waals surface area contributed by atoms with E-state index in [1.165, 1.54) is 0 Å². The van der Waals surface area contributed by atoms with E-state index < -0.39 is 5.97 Å². The number of carbonyl (C=O) groups is 1. The summed E-state index contributed by atoms with van der Waals surface area (Å²) in [5.41, 5.74) is 1.20. The van der Waals surface area contributed by atoms with Crippen molar-refractivity contribution in [2.45, 2.75) is 0 Å². The smallest absolute Gasteiger partial charge is 0.344 e. The first-order valence-electron chi connectivity index (χ1n) is 7.19. The lowest BCUT2D eigenvalue weighted by Gasteiger charge is -2.12. The van der Waals surface area contributed by atoms with Gasteiger partial charge in [-0.3, -0.25) is 0 Å². The van der Waals surface area contributed by atoms with Crippen LogP contribution in [0, 0.1) is 0 Å². The minimum atomic E-state index is -0.467. The maximum atomic E-state index is 12.5. The molecule has 116 valence electrons. The predicted molar refractivity (Wildman–Crippen MR) is 92.4 cm³/mol. The van der Waals surface area contributed by atoms with Gasteiger partial charge in [-0.25, -0.2) is 4.79 Å². The van der Waals surface area contributed by atoms with Gasteiger partial charge in [0.1, 0.15) is 6.61 Å². The van der Waals surface area contributed by atoms with Gasteiger partial charge in [-0.05, 0) is 23.8 Å². The van der Waals surface area contributed by atoms with Crippen LogP contribution in [0.25, 0.3) is 5.57 Å². The van der Waals surface area contributed by atoms with Crippen LogP contribution in [0.2, 0.25) is 0 Å². The van der Waals surface area contributed by atoms with Crippen molar-refractivity contribution in [1.82, 2.24) is 0 Å². The number of hydrogen-bond donors (Lipinski definition) is 0. The highest BCUT2D eigenvalue weighted by atomic mass is 16.6. The van der Waals surface area contributed by atoms with Crippen molar-refractivity contribution in [2.75, 3.05) is 6.61 Å². The van der Waals surface area contributed by atoms with Crippen LogP contribution < -0.4 is 9.47 Å². The third kappa shape index (κ3) is 4.45. The fourth-order valence-corrected chi connectivity index (χ4v) is 1.97. The van der Waals surface area contributed by atoms with Crippen molar-refractivity contribution >= 4 is 11.5 Å². The van der Waals surface area contributed by atoms with Gasteiger partial charge in [-0.1, -0.05) is 67.8 Å². The monoisotopic (exact) mass is 306 g/mol. The molecular weight excluding hydrogens is 288 g/mol. The molecule has 0 saturated carbocycles. The molecule has 0 saturated heterocycles. The number of carbonyl (C=O) groups excluding carboxylic acids is 1. The molecule has 0 amide bonds. The van der Waals surface area contributed by atoms with Gasteiger partial charge in [0.25, 0.3) is 0 Å². The molecule has 2 aromatic carbocycles. The van der Waals surface area contributed by atoms with Gasteiger partial charge in [-0.15, -0.1) is 0 Å². The minimum absolute atomic E-state index is 0.336. The third-order valence-electron chi connectivity index (χ3n) is 3.00. The maximum Gasteiger partial charge on any atom is 0.344 e. The zero-order valence-electron chi connectivity index (χ0n) is 12.8. The molecule has 2 aromatic rings. The van der Waals surface area contributed by atoms with Crippen LogP contribution in [0.1, 0.15) is 5.56 Å². The van der Waals surface area contributed by atoms with Crippen LogP contribution in [0.4, 0.5) is 0 Å². The first-order valence-corrected chi connectivity index (χ1v) is 7.19. The molecule has 3 heteroatoms. The molecule has 0 atom stereocenters. The third-order valence-corrected chi connectivity index (χ3v) is 3.00. The molecule has 0 aromatic heterocycles. The topological polar surface area (TPSA) is 35.5 Å². The van der Waals surface area contributed by atoms with Gasteiger partial charge in [0.15, 0.2) is 11.5 Å². The van der Waals surface area contributed by atoms with Crippen LogP contribution >= 0.6 is 0 Å². The number of rotatable bonds is 7. The van der Waals surface area contributed by atoms with Gasteiger partial charge in [0, 0.05) is 0 Å². The Bertz CT molecular complexity index is 715. The van der Waals surface area contributed by atoms with Gasteiger partial charge >= 0.3 is 5.97 Å². The molecule has 0 N–H and O–H groups in total. The van der Waals surface area contributed by atoms with Crippen molar-refractivity contribution in [2.24, 2.45) is 0 Å². The minimum Gasteiger partial charge on any atom is -0.486 e. The fraction of sp³-hybridized carbons (Fsp3) is 0.0500. The highest BCUT2D eigenvalue weighted by molar-refractivity contribution is 6.17. The molecule has 23 heavy (non-hydrogen) atoms. The molecule has 0 aliphatic rings. The van der Waals surface area contributed by atoms with E-state index in [-0.39, 0.29) is 0 Å². The molecule has 0 unspecified atom stereocenters. The lowest BCUT2D eigenvalue weighted by atomic mass is 10.1. The molecule has 0 bridgehead atoms. The molecule has 3 nitrogen and oxygen atoms in total. The van der Waals surface area contributed by atoms with E-state index in [9.17, 15) is 4.79 Å². The van der Waals surface area contributed by atoms with E-state index >= 15 is 0 Å². The number of esters is 1. The van der Waals surface area contributed by atoms with E-state index in [4.69, 9.17) is 9.47 Å². The molecule has 0 heterocycles. The Labute approximate surface area is 136 Å². The molecule has 0 aliphatic carbocycles. The summed E-state index contributed by atoms with van der Waals surface area (Å²) in [6, 6.07) is 16.3. The quantitative estimate of drug-likeness (QED) is 0.250. The van der Waals surface area contributed by atoms with Gasteiger partial charge < -0.3 is 9.47 Å². The largest absolute Gasteiger partial charge is 0.486 e. The van der Waals surface area contributed by atoms with Gasteiger partial charge in [0.05, 0.1) is 5.57 Å². The summed E-state index contributed by atoms with van der Waals surface area (Å²) in [6.07, 6.45) is 4.82. The summed E-state index contributed by atoms with van der Waals surface area (Å²) in [6.45, 7) is 7.60. The molecule has 2 rings (SSSR count). The number of hydrogen-bond acceptors (Lipinski definition) is 3. The Morgan fingerprint density at radius 2 is 1.61 bits per heavy atom. The Balaban J connectivity index is 2.25. The molecule has 0 radical (unpaired) electrons. The zero-order chi connectivity index (χ0) is 16.5. The van der Waals surface area contributed by atoms with Crippen molar-refractivity contribution in [3.05, 3.63) is 91.5 Å². The van der Waals surface area contributed by atoms with E-state index in [2.05, 4.69) is 13.2 Å². The zero-order valence-corrected chi connectivity index (χ0v) is 12.8. The highest BCUT2D eigenvalue weighted by Gasteiger charge is 2.16. The summed E-state index contributed by atoms with van der Waals surface area (Å²) in [5.74, 6) is 0.391. The standard InChI is InChI=1S/C20H18O3/c1-3-10-17(16-11-6-5-7-12-16)20(21)23-19-14-9-8-13-18(19)22-15-4-2/h3-14H,1-2,15H2/b17-10+. The van der Waals surface area contributed by atoms with E-state index in [0.717, 1.165) is 5.56 Å². The lowest BCUT2D eigenvalue weighted by molar-refractivity contribution is -0.128. The molecule has 0 fully saturated rings. The normalized spacial score (nSPS) is 10.7. The summed E-state index contributed by atoms with van der Waals surface area (Å²) < 4.78 is 11.0. The average Bonchev–Trinajstić information content (AvgIpc) is 2.59. The van der Waals surface area contributed by atoms with Crippen molar-refractivity contribution in [3.63, 3.8) is 0 Å². The van der Waals surface area contributed by atoms with Gasteiger partial charge in [-0.2, -0.15) is 0 Å². The second-order valence-corrected chi connectivity index (χ2v) is 4.62.